The lowest BCUT2D eigenvalue weighted by molar-refractivity contribution is -0.146. The van der Waals surface area contributed by atoms with E-state index >= 15 is 0 Å². The molecule has 0 heterocycles. The predicted octanol–water partition coefficient (Wildman–Crippen LogP) is 0.0182. The van der Waals surface area contributed by atoms with Crippen molar-refractivity contribution in [2.24, 2.45) is 5.73 Å². The number of methoxy groups -OCH3 is 1. The van der Waals surface area contributed by atoms with Crippen LogP contribution in [0.15, 0.2) is 30.3 Å². The molecule has 1 rings (SSSR count). The lowest BCUT2D eigenvalue weighted by Gasteiger charge is -2.19. The Morgan fingerprint density at radius 3 is 2.70 bits per heavy atom. The predicted molar refractivity (Wildman–Crippen MR) is 85.5 cm³/mol. The summed E-state index contributed by atoms with van der Waals surface area (Å²) >= 11 is 0. The van der Waals surface area contributed by atoms with Crippen LogP contribution in [0, 0.1) is 0 Å². The number of ether oxygens (including phenoxy) is 3. The maximum absolute atomic E-state index is 11.7. The molecular formula is C16H26N2O5. The smallest absolute Gasteiger partial charge is 0.307 e. The molecule has 0 bridgehead atoms. The van der Waals surface area contributed by atoms with Gasteiger partial charge in [0.2, 0.25) is 0 Å². The van der Waals surface area contributed by atoms with Crippen LogP contribution >= 0.6 is 0 Å². The molecule has 1 aromatic rings. The number of hydrogen-bond donors (Lipinski definition) is 3. The van der Waals surface area contributed by atoms with Gasteiger partial charge in [0, 0.05) is 13.7 Å². The molecule has 0 aliphatic carbocycles. The average Bonchev–Trinajstić information content (AvgIpc) is 2.56. The van der Waals surface area contributed by atoms with E-state index in [-0.39, 0.29) is 13.0 Å². The van der Waals surface area contributed by atoms with Crippen molar-refractivity contribution >= 4 is 5.97 Å². The van der Waals surface area contributed by atoms with E-state index in [4.69, 9.17) is 19.9 Å². The van der Waals surface area contributed by atoms with Gasteiger partial charge in [-0.05, 0) is 5.56 Å². The van der Waals surface area contributed by atoms with Crippen LogP contribution in [-0.2, 0) is 25.6 Å². The SMILES string of the molecule is COCCOCCNC(O)C(N)CC(=O)OCc1ccccc1. The highest BCUT2D eigenvalue weighted by atomic mass is 16.5. The second-order valence-electron chi connectivity index (χ2n) is 5.02. The van der Waals surface area contributed by atoms with Crippen molar-refractivity contribution in [1.29, 1.82) is 0 Å². The minimum absolute atomic E-state index is 0.0640. The van der Waals surface area contributed by atoms with Gasteiger partial charge in [-0.25, -0.2) is 0 Å². The number of benzene rings is 1. The Labute approximate surface area is 136 Å². The number of hydrogen-bond acceptors (Lipinski definition) is 7. The molecule has 4 N–H and O–H groups in total. The number of esters is 1. The highest BCUT2D eigenvalue weighted by molar-refractivity contribution is 5.70. The van der Waals surface area contributed by atoms with E-state index in [0.717, 1.165) is 5.56 Å². The summed E-state index contributed by atoms with van der Waals surface area (Å²) < 4.78 is 15.2. The standard InChI is InChI=1S/C16H26N2O5/c1-21-9-10-22-8-7-18-16(20)14(17)11-15(19)23-12-13-5-3-2-4-6-13/h2-6,14,16,18,20H,7-12,17H2,1H3. The summed E-state index contributed by atoms with van der Waals surface area (Å²) in [6, 6.07) is 8.63. The molecule has 23 heavy (non-hydrogen) atoms. The molecule has 7 nitrogen and oxygen atoms in total. The van der Waals surface area contributed by atoms with Gasteiger partial charge in [0.1, 0.15) is 12.8 Å². The monoisotopic (exact) mass is 326 g/mol. The topological polar surface area (TPSA) is 103 Å². The molecule has 0 saturated heterocycles. The van der Waals surface area contributed by atoms with Gasteiger partial charge in [0.15, 0.2) is 0 Å². The van der Waals surface area contributed by atoms with Gasteiger partial charge in [0.05, 0.1) is 32.3 Å². The maximum Gasteiger partial charge on any atom is 0.307 e. The molecule has 0 aliphatic heterocycles. The summed E-state index contributed by atoms with van der Waals surface area (Å²) in [6.45, 7) is 2.06. The summed E-state index contributed by atoms with van der Waals surface area (Å²) in [5.41, 5.74) is 6.68. The van der Waals surface area contributed by atoms with E-state index in [0.29, 0.717) is 26.4 Å². The van der Waals surface area contributed by atoms with Crippen molar-refractivity contribution in [3.63, 3.8) is 0 Å². The number of carbonyl (C=O) groups excluding carboxylic acids is 1. The van der Waals surface area contributed by atoms with Gasteiger partial charge in [0.25, 0.3) is 0 Å². The molecule has 0 spiro atoms. The molecule has 0 saturated carbocycles. The van der Waals surface area contributed by atoms with Crippen LogP contribution < -0.4 is 11.1 Å². The molecular weight excluding hydrogens is 300 g/mol. The van der Waals surface area contributed by atoms with Gasteiger partial charge in [-0.15, -0.1) is 0 Å². The zero-order valence-corrected chi connectivity index (χ0v) is 13.4. The second-order valence-corrected chi connectivity index (χ2v) is 5.02. The molecule has 130 valence electrons. The van der Waals surface area contributed by atoms with Crippen LogP contribution in [0.3, 0.4) is 0 Å². The Morgan fingerprint density at radius 1 is 1.26 bits per heavy atom. The highest BCUT2D eigenvalue weighted by Gasteiger charge is 2.18. The van der Waals surface area contributed by atoms with Gasteiger partial charge in [-0.1, -0.05) is 30.3 Å². The molecule has 0 aliphatic rings. The largest absolute Gasteiger partial charge is 0.461 e. The van der Waals surface area contributed by atoms with E-state index in [1.807, 2.05) is 30.3 Å². The number of aliphatic hydroxyl groups excluding tert-OH is 1. The van der Waals surface area contributed by atoms with Crippen LogP contribution in [-0.4, -0.2) is 56.8 Å². The summed E-state index contributed by atoms with van der Waals surface area (Å²) in [5.74, 6) is -0.446. The first-order valence-electron chi connectivity index (χ1n) is 7.56. The minimum Gasteiger partial charge on any atom is -0.461 e. The van der Waals surface area contributed by atoms with Gasteiger partial charge >= 0.3 is 5.97 Å². The van der Waals surface area contributed by atoms with Crippen molar-refractivity contribution in [3.8, 4) is 0 Å². The molecule has 0 radical (unpaired) electrons. The number of carbonyl (C=O) groups is 1. The Bertz CT molecular complexity index is 430. The number of nitrogens with one attached hydrogen (secondary N) is 1. The molecule has 2 unspecified atom stereocenters. The molecule has 0 fully saturated rings. The van der Waals surface area contributed by atoms with Crippen molar-refractivity contribution in [2.75, 3.05) is 33.5 Å². The second kappa shape index (κ2) is 12.0. The lowest BCUT2D eigenvalue weighted by atomic mass is 10.2. The molecule has 0 aromatic heterocycles. The summed E-state index contributed by atoms with van der Waals surface area (Å²) in [5, 5.41) is 12.6. The van der Waals surface area contributed by atoms with E-state index in [9.17, 15) is 9.90 Å². The summed E-state index contributed by atoms with van der Waals surface area (Å²) in [4.78, 5) is 11.7. The Balaban J connectivity index is 2.13. The fourth-order valence-electron chi connectivity index (χ4n) is 1.78. The molecule has 1 aromatic carbocycles. The highest BCUT2D eigenvalue weighted by Crippen LogP contribution is 2.03. The maximum atomic E-state index is 11.7. The van der Waals surface area contributed by atoms with E-state index < -0.39 is 18.2 Å². The Morgan fingerprint density at radius 2 is 2.00 bits per heavy atom. The number of nitrogens with two attached hydrogens (primary N) is 1. The van der Waals surface area contributed by atoms with Crippen molar-refractivity contribution in [2.45, 2.75) is 25.3 Å². The van der Waals surface area contributed by atoms with Crippen LogP contribution in [0.1, 0.15) is 12.0 Å². The van der Waals surface area contributed by atoms with Crippen LogP contribution in [0.25, 0.3) is 0 Å². The van der Waals surface area contributed by atoms with Crippen LogP contribution in [0.5, 0.6) is 0 Å². The third-order valence-corrected chi connectivity index (χ3v) is 3.08. The van der Waals surface area contributed by atoms with E-state index in [1.165, 1.54) is 0 Å². The van der Waals surface area contributed by atoms with Crippen molar-refractivity contribution in [1.82, 2.24) is 5.32 Å². The van der Waals surface area contributed by atoms with Crippen molar-refractivity contribution < 1.29 is 24.1 Å². The van der Waals surface area contributed by atoms with Crippen LogP contribution in [0.2, 0.25) is 0 Å². The van der Waals surface area contributed by atoms with E-state index in [2.05, 4.69) is 5.32 Å². The number of rotatable bonds is 12. The fraction of sp³-hybridized carbons (Fsp3) is 0.562. The Kier molecular flexibility index (Phi) is 10.2. The first kappa shape index (κ1) is 19.5. The number of aliphatic hydroxyl groups is 1. The van der Waals surface area contributed by atoms with E-state index in [1.54, 1.807) is 7.11 Å². The average molecular weight is 326 g/mol. The zero-order valence-electron chi connectivity index (χ0n) is 13.4. The minimum atomic E-state index is -0.995. The third kappa shape index (κ3) is 9.27. The van der Waals surface area contributed by atoms with Gasteiger partial charge < -0.3 is 25.1 Å². The molecule has 7 heteroatoms. The molecule has 2 atom stereocenters. The normalized spacial score (nSPS) is 13.5. The summed E-state index contributed by atoms with van der Waals surface area (Å²) in [7, 11) is 1.60. The Hall–Kier alpha value is -1.51. The van der Waals surface area contributed by atoms with Crippen LogP contribution in [0.4, 0.5) is 0 Å². The third-order valence-electron chi connectivity index (χ3n) is 3.08. The lowest BCUT2D eigenvalue weighted by Crippen LogP contribution is -2.47. The fourth-order valence-corrected chi connectivity index (χ4v) is 1.78. The first-order chi connectivity index (χ1) is 11.1. The zero-order chi connectivity index (χ0) is 16.9. The first-order valence-corrected chi connectivity index (χ1v) is 7.56. The quantitative estimate of drug-likeness (QED) is 0.283. The van der Waals surface area contributed by atoms with Gasteiger partial charge in [-0.2, -0.15) is 0 Å². The summed E-state index contributed by atoms with van der Waals surface area (Å²) in [6.07, 6.45) is -1.06. The van der Waals surface area contributed by atoms with Crippen molar-refractivity contribution in [3.05, 3.63) is 35.9 Å². The molecule has 0 amide bonds. The van der Waals surface area contributed by atoms with Gasteiger partial charge in [-0.3, -0.25) is 10.1 Å².